The Morgan fingerprint density at radius 1 is 1.04 bits per heavy atom. The summed E-state index contributed by atoms with van der Waals surface area (Å²) < 4.78 is 27.5. The topological polar surface area (TPSA) is 87.3 Å². The van der Waals surface area contributed by atoms with Crippen molar-refractivity contribution in [3.05, 3.63) is 59.1 Å². The summed E-state index contributed by atoms with van der Waals surface area (Å²) in [5, 5.41) is 6.27. The molecule has 6 nitrogen and oxygen atoms in total. The largest absolute Gasteiger partial charge is 0.351 e. The van der Waals surface area contributed by atoms with Gasteiger partial charge in [-0.25, -0.2) is 8.42 Å². The normalized spacial score (nSPS) is 10.7. The minimum absolute atomic E-state index is 0. The van der Waals surface area contributed by atoms with Gasteiger partial charge < -0.3 is 10.6 Å². The van der Waals surface area contributed by atoms with Gasteiger partial charge in [0, 0.05) is 18.1 Å². The molecule has 0 aliphatic rings. The molecular formula is C18H23Cl2N3O3S. The number of carbonyl (C=O) groups excluding carboxylic acids is 1. The van der Waals surface area contributed by atoms with Gasteiger partial charge in [-0.05, 0) is 43.3 Å². The number of carbonyl (C=O) groups is 1. The van der Waals surface area contributed by atoms with Gasteiger partial charge in [0.1, 0.15) is 0 Å². The van der Waals surface area contributed by atoms with Crippen molar-refractivity contribution in [2.75, 3.05) is 24.4 Å². The molecule has 9 heteroatoms. The lowest BCUT2D eigenvalue weighted by molar-refractivity contribution is 0.0955. The minimum Gasteiger partial charge on any atom is -0.351 e. The van der Waals surface area contributed by atoms with Crippen LogP contribution in [-0.4, -0.2) is 34.0 Å². The highest BCUT2D eigenvalue weighted by atomic mass is 35.5. The first-order valence-corrected chi connectivity index (χ1v) is 10.2. The summed E-state index contributed by atoms with van der Waals surface area (Å²) in [5.41, 5.74) is 0.352. The molecule has 27 heavy (non-hydrogen) atoms. The molecule has 0 radical (unpaired) electrons. The van der Waals surface area contributed by atoms with E-state index in [-0.39, 0.29) is 34.5 Å². The predicted molar refractivity (Wildman–Crippen MR) is 111 cm³/mol. The third-order valence-electron chi connectivity index (χ3n) is 3.54. The highest BCUT2D eigenvalue weighted by Crippen LogP contribution is 2.24. The number of halogens is 2. The molecule has 2 aromatic rings. The van der Waals surface area contributed by atoms with E-state index in [0.29, 0.717) is 18.1 Å². The van der Waals surface area contributed by atoms with E-state index in [1.54, 1.807) is 24.3 Å². The van der Waals surface area contributed by atoms with E-state index in [0.717, 1.165) is 13.0 Å². The van der Waals surface area contributed by atoms with Crippen LogP contribution >= 0.6 is 24.0 Å². The number of hydrogen-bond donors (Lipinski definition) is 3. The molecule has 0 aliphatic heterocycles. The van der Waals surface area contributed by atoms with Gasteiger partial charge in [-0.1, -0.05) is 36.7 Å². The Kier molecular flexibility index (Phi) is 9.59. The van der Waals surface area contributed by atoms with E-state index in [2.05, 4.69) is 22.3 Å². The zero-order valence-electron chi connectivity index (χ0n) is 14.9. The second kappa shape index (κ2) is 11.1. The predicted octanol–water partition coefficient (Wildman–Crippen LogP) is 3.29. The van der Waals surface area contributed by atoms with Crippen molar-refractivity contribution < 1.29 is 13.2 Å². The maximum atomic E-state index is 12.5. The lowest BCUT2D eigenvalue weighted by Gasteiger charge is -2.13. The number of nitrogens with one attached hydrogen (secondary N) is 3. The molecule has 2 rings (SSSR count). The Bertz CT molecular complexity index is 846. The van der Waals surface area contributed by atoms with Crippen LogP contribution in [0.2, 0.25) is 5.02 Å². The third kappa shape index (κ3) is 7.03. The van der Waals surface area contributed by atoms with Gasteiger partial charge in [0.05, 0.1) is 16.1 Å². The van der Waals surface area contributed by atoms with Crippen molar-refractivity contribution >= 4 is 45.6 Å². The Morgan fingerprint density at radius 3 is 2.41 bits per heavy atom. The zero-order chi connectivity index (χ0) is 19.0. The average molecular weight is 432 g/mol. The highest BCUT2D eigenvalue weighted by Gasteiger charge is 2.19. The van der Waals surface area contributed by atoms with Gasteiger partial charge in [0.2, 0.25) is 0 Å². The Labute approximate surface area is 171 Å². The number of rotatable bonds is 9. The summed E-state index contributed by atoms with van der Waals surface area (Å²) in [7, 11) is -3.82. The summed E-state index contributed by atoms with van der Waals surface area (Å²) in [6.07, 6.45) is 1.01. The fourth-order valence-electron chi connectivity index (χ4n) is 2.26. The van der Waals surface area contributed by atoms with Crippen LogP contribution in [0.5, 0.6) is 0 Å². The Hall–Kier alpha value is -1.80. The average Bonchev–Trinajstić information content (AvgIpc) is 2.62. The number of amides is 1. The third-order valence-corrected chi connectivity index (χ3v) is 5.15. The first-order valence-electron chi connectivity index (χ1n) is 8.30. The van der Waals surface area contributed by atoms with Gasteiger partial charge in [0.25, 0.3) is 15.9 Å². The van der Waals surface area contributed by atoms with E-state index in [1.807, 2.05) is 0 Å². The molecular weight excluding hydrogens is 409 g/mol. The lowest BCUT2D eigenvalue weighted by atomic mass is 10.1. The molecule has 3 N–H and O–H groups in total. The fraction of sp³-hybridized carbons (Fsp3) is 0.278. The van der Waals surface area contributed by atoms with Crippen LogP contribution in [0.15, 0.2) is 53.4 Å². The van der Waals surface area contributed by atoms with Crippen molar-refractivity contribution in [1.82, 2.24) is 10.6 Å². The van der Waals surface area contributed by atoms with Crippen LogP contribution in [0.25, 0.3) is 0 Å². The Morgan fingerprint density at radius 2 is 1.74 bits per heavy atom. The number of sulfonamides is 1. The number of anilines is 1. The number of benzene rings is 2. The first kappa shape index (κ1) is 23.2. The zero-order valence-corrected chi connectivity index (χ0v) is 17.3. The monoisotopic (exact) mass is 431 g/mol. The smallest absolute Gasteiger partial charge is 0.261 e. The molecule has 0 bridgehead atoms. The van der Waals surface area contributed by atoms with Crippen LogP contribution in [0.1, 0.15) is 23.7 Å². The summed E-state index contributed by atoms with van der Waals surface area (Å²) in [6, 6.07) is 12.4. The quantitative estimate of drug-likeness (QED) is 0.531. The second-order valence-corrected chi connectivity index (χ2v) is 7.73. The van der Waals surface area contributed by atoms with Crippen molar-refractivity contribution in [2.45, 2.75) is 18.2 Å². The van der Waals surface area contributed by atoms with Crippen molar-refractivity contribution in [3.8, 4) is 0 Å². The van der Waals surface area contributed by atoms with Crippen LogP contribution in [-0.2, 0) is 10.0 Å². The molecule has 0 heterocycles. The summed E-state index contributed by atoms with van der Waals surface area (Å²) in [4.78, 5) is 12.5. The first-order chi connectivity index (χ1) is 12.4. The van der Waals surface area contributed by atoms with Gasteiger partial charge in [-0.3, -0.25) is 9.52 Å². The van der Waals surface area contributed by atoms with E-state index in [4.69, 9.17) is 11.6 Å². The summed E-state index contributed by atoms with van der Waals surface area (Å²) >= 11 is 5.98. The van der Waals surface area contributed by atoms with Gasteiger partial charge in [-0.2, -0.15) is 0 Å². The maximum absolute atomic E-state index is 12.5. The van der Waals surface area contributed by atoms with Gasteiger partial charge >= 0.3 is 0 Å². The van der Waals surface area contributed by atoms with Crippen LogP contribution < -0.4 is 15.4 Å². The summed E-state index contributed by atoms with van der Waals surface area (Å²) in [5.74, 6) is -0.370. The van der Waals surface area contributed by atoms with Crippen LogP contribution in [0.3, 0.4) is 0 Å². The maximum Gasteiger partial charge on any atom is 0.261 e. The van der Waals surface area contributed by atoms with E-state index >= 15 is 0 Å². The second-order valence-electron chi connectivity index (χ2n) is 5.61. The lowest BCUT2D eigenvalue weighted by Crippen LogP contribution is -2.32. The van der Waals surface area contributed by atoms with Crippen molar-refractivity contribution in [2.24, 2.45) is 0 Å². The van der Waals surface area contributed by atoms with Gasteiger partial charge in [0.15, 0.2) is 0 Å². The molecule has 1 amide bonds. The Balaban J connectivity index is 0.00000364. The molecule has 0 aromatic heterocycles. The van der Waals surface area contributed by atoms with E-state index < -0.39 is 10.0 Å². The molecule has 0 unspecified atom stereocenters. The SMILES string of the molecule is CCCNCCNC(=O)c1ccc(Cl)cc1NS(=O)(=O)c1ccccc1.Cl. The van der Waals surface area contributed by atoms with Crippen LogP contribution in [0.4, 0.5) is 5.69 Å². The molecule has 0 saturated heterocycles. The minimum atomic E-state index is -3.82. The highest BCUT2D eigenvalue weighted by molar-refractivity contribution is 7.92. The molecule has 2 aromatic carbocycles. The fourth-order valence-corrected chi connectivity index (χ4v) is 3.53. The summed E-state index contributed by atoms with van der Waals surface area (Å²) in [6.45, 7) is 4.01. The van der Waals surface area contributed by atoms with E-state index in [9.17, 15) is 13.2 Å². The molecule has 0 spiro atoms. The van der Waals surface area contributed by atoms with Crippen molar-refractivity contribution in [3.63, 3.8) is 0 Å². The molecule has 0 aliphatic carbocycles. The molecule has 148 valence electrons. The van der Waals surface area contributed by atoms with E-state index in [1.165, 1.54) is 24.3 Å². The number of hydrogen-bond acceptors (Lipinski definition) is 4. The standard InChI is InChI=1S/C18H22ClN3O3S.ClH/c1-2-10-20-11-12-21-18(23)16-9-8-14(19)13-17(16)22-26(24,25)15-6-4-3-5-7-15;/h3-9,13,20,22H,2,10-12H2,1H3,(H,21,23);1H. The molecule has 0 fully saturated rings. The molecule has 0 saturated carbocycles. The van der Waals surface area contributed by atoms with Crippen LogP contribution in [0, 0.1) is 0 Å². The molecule has 0 atom stereocenters. The van der Waals surface area contributed by atoms with Gasteiger partial charge in [-0.15, -0.1) is 12.4 Å². The van der Waals surface area contributed by atoms with Crippen molar-refractivity contribution in [1.29, 1.82) is 0 Å².